The second-order valence-corrected chi connectivity index (χ2v) is 31.3. The van der Waals surface area contributed by atoms with E-state index in [0.29, 0.717) is 60.3 Å². The highest BCUT2D eigenvalue weighted by Gasteiger charge is 2.53. The maximum Gasteiger partial charge on any atom is 0.331 e. The lowest BCUT2D eigenvalue weighted by Gasteiger charge is -2.37. The predicted molar refractivity (Wildman–Crippen MR) is 426 cm³/mol. The van der Waals surface area contributed by atoms with Crippen LogP contribution < -0.4 is 0 Å². The molecule has 8 nitrogen and oxygen atoms in total. The molecule has 0 spiro atoms. The van der Waals surface area contributed by atoms with Gasteiger partial charge in [-0.3, -0.25) is 14.4 Å². The first-order valence-electron chi connectivity index (χ1n) is 33.5. The van der Waals surface area contributed by atoms with Gasteiger partial charge in [-0.2, -0.15) is 0 Å². The maximum absolute atomic E-state index is 12.3. The Morgan fingerprint density at radius 1 is 0.365 bits per heavy atom. The Labute approximate surface area is 666 Å². The Morgan fingerprint density at radius 3 is 0.990 bits per heavy atom. The highest BCUT2D eigenvalue weighted by atomic mass is 35.5. The minimum Gasteiger partial charge on any atom is -0.462 e. The van der Waals surface area contributed by atoms with Crippen molar-refractivity contribution in [2.24, 2.45) is 35.5 Å². The fourth-order valence-corrected chi connectivity index (χ4v) is 17.5. The van der Waals surface area contributed by atoms with Gasteiger partial charge in [0.25, 0.3) is 0 Å². The van der Waals surface area contributed by atoms with Crippen molar-refractivity contribution in [1.82, 2.24) is 0 Å². The molecule has 8 aromatic rings. The number of hydrogen-bond acceptors (Lipinski definition) is 8. The number of allylic oxidation sites excluding steroid dienone is 5. The zero-order valence-electron chi connectivity index (χ0n) is 56.1. The van der Waals surface area contributed by atoms with Gasteiger partial charge in [0.1, 0.15) is 24.4 Å². The highest BCUT2D eigenvalue weighted by Crippen LogP contribution is 2.56. The van der Waals surface area contributed by atoms with Crippen LogP contribution in [0.1, 0.15) is 108 Å². The summed E-state index contributed by atoms with van der Waals surface area (Å²) in [5.74, 6) is -1.18. The monoisotopic (exact) mass is 1620 g/mol. The Hall–Kier alpha value is -6.44. The fourth-order valence-electron chi connectivity index (χ4n) is 14.9. The van der Waals surface area contributed by atoms with Gasteiger partial charge in [0.05, 0.1) is 17.8 Å². The second-order valence-electron chi connectivity index (χ2n) is 26.1. The molecule has 14 rings (SSSR count). The quantitative estimate of drug-likeness (QED) is 0.0392. The Morgan fingerprint density at radius 2 is 0.663 bits per heavy atom. The lowest BCUT2D eigenvalue weighted by Crippen LogP contribution is -2.32. The molecule has 104 heavy (non-hydrogen) atoms. The van der Waals surface area contributed by atoms with Crippen molar-refractivity contribution >= 4 is 175 Å². The van der Waals surface area contributed by atoms with E-state index in [9.17, 15) is 19.2 Å². The molecule has 3 aliphatic heterocycles. The second kappa shape index (κ2) is 35.5. The van der Waals surface area contributed by atoms with Crippen LogP contribution >= 0.6 is 139 Å². The zero-order valence-corrected chi connectivity index (χ0v) is 65.2. The zero-order chi connectivity index (χ0) is 74.2. The number of rotatable bonds is 12. The molecular formula is C84H68Cl12O8. The van der Waals surface area contributed by atoms with Gasteiger partial charge in [-0.1, -0.05) is 273 Å². The van der Waals surface area contributed by atoms with E-state index in [1.165, 1.54) is 6.08 Å². The summed E-state index contributed by atoms with van der Waals surface area (Å²) in [6, 6.07) is 52.8. The lowest BCUT2D eigenvalue weighted by molar-refractivity contribution is -0.143. The molecule has 0 N–H and O–H groups in total. The van der Waals surface area contributed by atoms with E-state index in [2.05, 4.69) is 18.2 Å². The topological polar surface area (TPSA) is 105 Å². The number of carbonyl (C=O) groups is 4. The summed E-state index contributed by atoms with van der Waals surface area (Å²) in [6.45, 7) is 7.68. The molecule has 6 aliphatic rings. The molecule has 0 saturated carbocycles. The summed E-state index contributed by atoms with van der Waals surface area (Å²) in [5, 5.41) is 7.55. The summed E-state index contributed by atoms with van der Waals surface area (Å²) in [6.07, 6.45) is 21.4. The minimum atomic E-state index is -0.426. The van der Waals surface area contributed by atoms with E-state index in [4.69, 9.17) is 158 Å². The molecule has 8 aromatic carbocycles. The predicted octanol–water partition coefficient (Wildman–Crippen LogP) is 25.6. The summed E-state index contributed by atoms with van der Waals surface area (Å²) in [4.78, 5) is 48.6. The molecule has 3 saturated heterocycles. The molecule has 3 fully saturated rings. The van der Waals surface area contributed by atoms with Crippen LogP contribution in [0.3, 0.4) is 0 Å². The highest BCUT2D eigenvalue weighted by molar-refractivity contribution is 6.37. The first kappa shape index (κ1) is 78.6. The number of hydrogen-bond donors (Lipinski definition) is 0. The van der Waals surface area contributed by atoms with Crippen molar-refractivity contribution < 1.29 is 38.1 Å². The number of fused-ring (bicyclic) bond motifs is 3. The SMILES string of the molecule is C[C@H](/C=C\c1ccc(Cl)cc1)OC(=O)/C=C/C=C/c1ccc(Cl)cc1Cl.C[C@H]1OC(=O)[C@@H]2C=C[C@@H](c3ccc(Cl)cc3Cl)[C@H](c3ccc(Cl)cc3)[C@H]12.C[C@H]1OC(=O)[C@@H]2C=C[C@H](c3ccc(Cl)cc3Cl)[C@H](c3ccc(Cl)cc3)[C@H]12.C[C@H]1OC(=O)[C@H]2C=C[C@@H](c3ccc(Cl)cc3Cl)[C@H](c3ccc(Cl)cc3)[C@@H]21. The molecule has 20 heteroatoms. The third-order valence-corrected chi connectivity index (χ3v) is 22.9. The van der Waals surface area contributed by atoms with E-state index < -0.39 is 5.97 Å². The van der Waals surface area contributed by atoms with Gasteiger partial charge in [0.15, 0.2) is 0 Å². The van der Waals surface area contributed by atoms with E-state index in [1.54, 1.807) is 79.8 Å². The largest absolute Gasteiger partial charge is 0.462 e. The first-order chi connectivity index (χ1) is 49.8. The third kappa shape index (κ3) is 18.9. The van der Waals surface area contributed by atoms with Crippen LogP contribution in [-0.2, 0) is 38.1 Å². The van der Waals surface area contributed by atoms with Crippen LogP contribution in [0.5, 0.6) is 0 Å². The Bertz CT molecular complexity index is 4280. The molecule has 0 unspecified atom stereocenters. The molecule has 0 bridgehead atoms. The first-order valence-corrected chi connectivity index (χ1v) is 38.1. The number of halogens is 12. The smallest absolute Gasteiger partial charge is 0.331 e. The van der Waals surface area contributed by atoms with Crippen LogP contribution in [0.4, 0.5) is 0 Å². The lowest BCUT2D eigenvalue weighted by atomic mass is 9.65. The molecule has 0 aromatic heterocycles. The Balaban J connectivity index is 0.000000139. The van der Waals surface area contributed by atoms with Gasteiger partial charge >= 0.3 is 23.9 Å². The van der Waals surface area contributed by atoms with Gasteiger partial charge in [0.2, 0.25) is 0 Å². The van der Waals surface area contributed by atoms with E-state index in [0.717, 1.165) is 44.5 Å². The average Bonchev–Trinajstić information content (AvgIpc) is 1.53. The number of cyclic esters (lactones) is 3. The summed E-state index contributed by atoms with van der Waals surface area (Å²) >= 11 is 73.8. The van der Waals surface area contributed by atoms with Gasteiger partial charge in [-0.25, -0.2) is 4.79 Å². The van der Waals surface area contributed by atoms with E-state index in [1.807, 2.05) is 166 Å². The van der Waals surface area contributed by atoms with Crippen LogP contribution in [0, 0.1) is 35.5 Å². The number of benzene rings is 8. The van der Waals surface area contributed by atoms with Crippen LogP contribution in [0.15, 0.2) is 231 Å². The minimum absolute atomic E-state index is 0.0270. The average molecular weight is 1630 g/mol. The number of carbonyl (C=O) groups excluding carboxylic acids is 4. The summed E-state index contributed by atoms with van der Waals surface area (Å²) in [5.41, 5.74) is 8.15. The van der Waals surface area contributed by atoms with Gasteiger partial charge in [-0.15, -0.1) is 0 Å². The molecule has 536 valence electrons. The molecule has 3 heterocycles. The van der Waals surface area contributed by atoms with E-state index in [-0.39, 0.29) is 113 Å². The molecular weight excluding hydrogens is 1560 g/mol. The summed E-state index contributed by atoms with van der Waals surface area (Å²) in [7, 11) is 0. The van der Waals surface area contributed by atoms with Crippen molar-refractivity contribution in [2.45, 2.75) is 87.6 Å². The number of esters is 4. The van der Waals surface area contributed by atoms with Crippen LogP contribution in [-0.4, -0.2) is 48.3 Å². The molecule has 16 atom stereocenters. The molecule has 0 radical (unpaired) electrons. The normalized spacial score (nSPS) is 25.8. The fraction of sp³-hybridized carbons (Fsp3) is 0.238. The molecule has 3 aliphatic carbocycles. The molecule has 0 amide bonds. The summed E-state index contributed by atoms with van der Waals surface area (Å²) < 4.78 is 21.9. The van der Waals surface area contributed by atoms with Gasteiger partial charge in [0, 0.05) is 120 Å². The van der Waals surface area contributed by atoms with Crippen molar-refractivity contribution in [2.75, 3.05) is 0 Å². The van der Waals surface area contributed by atoms with Crippen molar-refractivity contribution in [3.05, 3.63) is 335 Å². The van der Waals surface area contributed by atoms with Crippen molar-refractivity contribution in [1.29, 1.82) is 0 Å². The Kier molecular flexibility index (Phi) is 26.9. The van der Waals surface area contributed by atoms with Crippen molar-refractivity contribution in [3.8, 4) is 0 Å². The van der Waals surface area contributed by atoms with Crippen LogP contribution in [0.2, 0.25) is 60.3 Å². The van der Waals surface area contributed by atoms with Crippen molar-refractivity contribution in [3.63, 3.8) is 0 Å². The van der Waals surface area contributed by atoms with E-state index >= 15 is 0 Å². The standard InChI is InChI=1S/4C21H17Cl3O2/c3*1-11-19-17(21(25)26-11)9-8-16(15-7-6-14(23)10-18(15)24)20(19)12-2-4-13(22)5-3-12;1-15(6-7-16-8-11-18(22)12-9-16)26-21(25)5-3-2-4-17-10-13-19(23)14-20(17)24/h3*2-11,16-17,19-20H,1H3;2-15H,1H3/b;;;4-2+,5-3+,7-6-/t11-,16+,17+,19-,20+;11-,16+,17-,19-,20+;11-,16-,17-,19-,20+;15-/m1111/s1. The maximum atomic E-state index is 12.3. The number of ether oxygens (including phenoxy) is 4. The van der Waals surface area contributed by atoms with Crippen LogP contribution in [0.25, 0.3) is 12.2 Å². The van der Waals surface area contributed by atoms with Gasteiger partial charge < -0.3 is 18.9 Å². The van der Waals surface area contributed by atoms with Gasteiger partial charge in [-0.05, 0) is 175 Å². The third-order valence-electron chi connectivity index (χ3n) is 19.6.